The summed E-state index contributed by atoms with van der Waals surface area (Å²) in [7, 11) is 0. The van der Waals surface area contributed by atoms with Gasteiger partial charge in [-0.2, -0.15) is 15.7 Å². The van der Waals surface area contributed by atoms with Crippen molar-refractivity contribution in [2.24, 2.45) is 4.99 Å². The zero-order valence-corrected chi connectivity index (χ0v) is 20.4. The van der Waals surface area contributed by atoms with Gasteiger partial charge in [-0.05, 0) is 41.2 Å². The molecule has 1 aliphatic carbocycles. The molecule has 1 aromatic heterocycles. The third-order valence-corrected chi connectivity index (χ3v) is 7.27. The molecule has 0 radical (unpaired) electrons. The van der Waals surface area contributed by atoms with Crippen LogP contribution in [0.5, 0.6) is 0 Å². The van der Waals surface area contributed by atoms with E-state index in [0.29, 0.717) is 18.1 Å². The van der Waals surface area contributed by atoms with E-state index in [1.165, 1.54) is 5.56 Å². The lowest BCUT2D eigenvalue weighted by molar-refractivity contribution is 0.223. The monoisotopic (exact) mass is 476 g/mol. The van der Waals surface area contributed by atoms with Crippen molar-refractivity contribution in [1.82, 2.24) is 25.5 Å². The van der Waals surface area contributed by atoms with Crippen LogP contribution in [0.3, 0.4) is 0 Å². The molecule has 0 unspecified atom stereocenters. The van der Waals surface area contributed by atoms with E-state index in [4.69, 9.17) is 4.99 Å². The summed E-state index contributed by atoms with van der Waals surface area (Å²) in [5.74, 6) is 1.57. The van der Waals surface area contributed by atoms with Crippen LogP contribution in [0, 0.1) is 22.7 Å². The number of H-pyrrole nitrogens is 1. The number of benzene rings is 2. The molecule has 1 spiro atoms. The van der Waals surface area contributed by atoms with E-state index >= 15 is 0 Å². The molecule has 2 heterocycles. The van der Waals surface area contributed by atoms with Gasteiger partial charge in [0.05, 0.1) is 11.2 Å². The van der Waals surface area contributed by atoms with Gasteiger partial charge in [0.15, 0.2) is 5.57 Å². The number of nitrogens with one attached hydrogen (secondary N) is 1. The average Bonchev–Trinajstić information content (AvgIpc) is 3.68. The summed E-state index contributed by atoms with van der Waals surface area (Å²) >= 11 is 0. The number of nitriles is 2. The van der Waals surface area contributed by atoms with Crippen LogP contribution in [0.25, 0.3) is 22.5 Å². The number of hydrogen-bond acceptors (Lipinski definition) is 7. The number of unbranched alkanes of at least 4 members (excludes halogenated alkanes) is 1. The van der Waals surface area contributed by atoms with Gasteiger partial charge in [0.1, 0.15) is 18.0 Å². The zero-order valence-electron chi connectivity index (χ0n) is 20.4. The van der Waals surface area contributed by atoms with Gasteiger partial charge in [-0.15, -0.1) is 10.2 Å². The molecule has 2 aromatic carbocycles. The van der Waals surface area contributed by atoms with E-state index in [1.807, 2.05) is 18.2 Å². The van der Waals surface area contributed by atoms with Gasteiger partial charge in [-0.3, -0.25) is 0 Å². The van der Waals surface area contributed by atoms with E-state index < -0.39 is 0 Å². The number of hydrogen-bond donors (Lipinski definition) is 1. The first-order chi connectivity index (χ1) is 17.7. The maximum atomic E-state index is 9.67. The summed E-state index contributed by atoms with van der Waals surface area (Å²) in [4.78, 5) is 7.33. The molecule has 2 aliphatic rings. The van der Waals surface area contributed by atoms with Crippen molar-refractivity contribution in [1.29, 1.82) is 10.5 Å². The largest absolute Gasteiger partial charge is 0.344 e. The fraction of sp³-hybridized carbons (Fsp3) is 0.357. The molecule has 8 heteroatoms. The van der Waals surface area contributed by atoms with E-state index in [1.54, 1.807) is 0 Å². The summed E-state index contributed by atoms with van der Waals surface area (Å²) in [6.45, 7) is 2.87. The molecule has 0 atom stereocenters. The van der Waals surface area contributed by atoms with E-state index in [2.05, 4.69) is 74.9 Å². The fourth-order valence-corrected chi connectivity index (χ4v) is 5.50. The van der Waals surface area contributed by atoms with E-state index in [0.717, 1.165) is 67.5 Å². The normalized spacial score (nSPS) is 16.1. The third-order valence-electron chi connectivity index (χ3n) is 7.27. The molecule has 0 saturated heterocycles. The lowest BCUT2D eigenvalue weighted by Crippen LogP contribution is -2.46. The lowest BCUT2D eigenvalue weighted by atomic mass is 9.89. The molecule has 1 fully saturated rings. The van der Waals surface area contributed by atoms with Crippen molar-refractivity contribution in [3.05, 3.63) is 65.4 Å². The van der Waals surface area contributed by atoms with Crippen molar-refractivity contribution in [2.75, 3.05) is 0 Å². The number of tetrazole rings is 1. The van der Waals surface area contributed by atoms with Gasteiger partial charge in [-0.25, -0.2) is 4.99 Å². The Balaban J connectivity index is 1.48. The Labute approximate surface area is 211 Å². The molecular weight excluding hydrogens is 448 g/mol. The van der Waals surface area contributed by atoms with Crippen LogP contribution in [-0.2, 0) is 6.54 Å². The molecule has 1 N–H and O–H groups in total. The highest BCUT2D eigenvalue weighted by Gasteiger charge is 2.49. The Morgan fingerprint density at radius 1 is 1.03 bits per heavy atom. The van der Waals surface area contributed by atoms with Crippen LogP contribution in [0.15, 0.2) is 64.8 Å². The van der Waals surface area contributed by atoms with Crippen molar-refractivity contribution in [3.8, 4) is 34.7 Å². The minimum absolute atomic E-state index is 0.154. The maximum Gasteiger partial charge on any atom is 0.205 e. The van der Waals surface area contributed by atoms with Crippen molar-refractivity contribution in [3.63, 3.8) is 0 Å². The highest BCUT2D eigenvalue weighted by molar-refractivity contribution is 5.88. The summed E-state index contributed by atoms with van der Waals surface area (Å²) in [5, 5.41) is 33.9. The van der Waals surface area contributed by atoms with Crippen LogP contribution in [0.1, 0.15) is 57.4 Å². The molecule has 8 nitrogen and oxygen atoms in total. The van der Waals surface area contributed by atoms with E-state index in [-0.39, 0.29) is 11.1 Å². The topological polar surface area (TPSA) is 118 Å². The van der Waals surface area contributed by atoms with Crippen LogP contribution < -0.4 is 0 Å². The molecule has 5 rings (SSSR count). The molecule has 180 valence electrons. The molecule has 1 saturated carbocycles. The second-order valence-corrected chi connectivity index (χ2v) is 9.38. The standard InChI is InChI=1S/C28H28N8/c1-2-3-10-25-31-26(22(17-29)18-30)28(15-6-7-16-28)36(25)19-20-11-13-21(14-12-20)23-8-4-5-9-24(23)27-32-34-35-33-27/h4-5,8-9,11-14H,2-3,6-7,10,15-16,19H2,1H3,(H,32,33,34,35). The van der Waals surface area contributed by atoms with Crippen LogP contribution in [-0.4, -0.2) is 36.9 Å². The van der Waals surface area contributed by atoms with Gasteiger partial charge in [0, 0.05) is 18.5 Å². The predicted octanol–water partition coefficient (Wildman–Crippen LogP) is 5.55. The minimum atomic E-state index is -0.353. The van der Waals surface area contributed by atoms with Crippen LogP contribution in [0.2, 0.25) is 0 Å². The second kappa shape index (κ2) is 10.1. The number of nitrogens with zero attached hydrogens (tertiary/aromatic N) is 7. The van der Waals surface area contributed by atoms with Gasteiger partial charge in [-0.1, -0.05) is 74.7 Å². The predicted molar refractivity (Wildman–Crippen MR) is 137 cm³/mol. The zero-order chi connectivity index (χ0) is 25.0. The Bertz CT molecular complexity index is 1350. The van der Waals surface area contributed by atoms with Crippen molar-refractivity contribution < 1.29 is 0 Å². The summed E-state index contributed by atoms with van der Waals surface area (Å²) < 4.78 is 0. The molecule has 0 bridgehead atoms. The molecular formula is C28H28N8. The number of amidine groups is 1. The summed E-state index contributed by atoms with van der Waals surface area (Å²) in [6, 6.07) is 20.8. The molecule has 3 aromatic rings. The first kappa shape index (κ1) is 23.4. The molecule has 1 aliphatic heterocycles. The minimum Gasteiger partial charge on any atom is -0.344 e. The Morgan fingerprint density at radius 2 is 1.75 bits per heavy atom. The Morgan fingerprint density at radius 3 is 2.39 bits per heavy atom. The van der Waals surface area contributed by atoms with Crippen LogP contribution >= 0.6 is 0 Å². The van der Waals surface area contributed by atoms with Gasteiger partial charge in [0.2, 0.25) is 5.82 Å². The number of allylic oxidation sites excluding steroid dienone is 1. The van der Waals surface area contributed by atoms with Crippen molar-refractivity contribution in [2.45, 2.75) is 64.0 Å². The maximum absolute atomic E-state index is 9.67. The van der Waals surface area contributed by atoms with Crippen molar-refractivity contribution >= 4 is 5.84 Å². The SMILES string of the molecule is CCCCC1=NC(=C(C#N)C#N)C2(CCCC2)N1Cc1ccc(-c2ccccc2-c2nn[nH]n2)cc1. The number of aliphatic imine (C=N–C) groups is 1. The number of aromatic amines is 1. The smallest absolute Gasteiger partial charge is 0.205 e. The average molecular weight is 477 g/mol. The number of rotatable bonds is 7. The highest BCUT2D eigenvalue weighted by Crippen LogP contribution is 2.48. The van der Waals surface area contributed by atoms with Gasteiger partial charge >= 0.3 is 0 Å². The Hall–Kier alpha value is -4.30. The molecule has 0 amide bonds. The summed E-state index contributed by atoms with van der Waals surface area (Å²) in [6.07, 6.45) is 6.94. The first-order valence-electron chi connectivity index (χ1n) is 12.5. The van der Waals surface area contributed by atoms with Gasteiger partial charge in [0.25, 0.3) is 0 Å². The van der Waals surface area contributed by atoms with Gasteiger partial charge < -0.3 is 4.90 Å². The highest BCUT2D eigenvalue weighted by atomic mass is 15.5. The second-order valence-electron chi connectivity index (χ2n) is 9.38. The third kappa shape index (κ3) is 4.16. The Kier molecular flexibility index (Phi) is 6.60. The van der Waals surface area contributed by atoms with Crippen LogP contribution in [0.4, 0.5) is 0 Å². The quantitative estimate of drug-likeness (QED) is 0.447. The fourth-order valence-electron chi connectivity index (χ4n) is 5.50. The summed E-state index contributed by atoms with van der Waals surface area (Å²) in [5.41, 5.74) is 4.70. The first-order valence-corrected chi connectivity index (χ1v) is 12.5. The lowest BCUT2D eigenvalue weighted by Gasteiger charge is -2.38. The molecule has 36 heavy (non-hydrogen) atoms. The number of aromatic nitrogens is 4. The van der Waals surface area contributed by atoms with E-state index in [9.17, 15) is 10.5 Å².